The van der Waals surface area contributed by atoms with Crippen LogP contribution in [0, 0.1) is 0 Å². The van der Waals surface area contributed by atoms with Crippen LogP contribution in [0.4, 0.5) is 0 Å². The molecule has 0 aliphatic rings. The van der Waals surface area contributed by atoms with Gasteiger partial charge in [0.1, 0.15) is 5.75 Å². The van der Waals surface area contributed by atoms with Gasteiger partial charge in [0, 0.05) is 12.6 Å². The Labute approximate surface area is 172 Å². The van der Waals surface area contributed by atoms with Crippen molar-refractivity contribution in [2.45, 2.75) is 26.3 Å². The third kappa shape index (κ3) is 4.98. The van der Waals surface area contributed by atoms with Crippen LogP contribution < -0.4 is 4.74 Å². The Morgan fingerprint density at radius 3 is 2.61 bits per heavy atom. The number of benzene rings is 2. The highest BCUT2D eigenvalue weighted by Gasteiger charge is 2.16. The lowest BCUT2D eigenvalue weighted by Crippen LogP contribution is -2.31. The highest BCUT2D eigenvalue weighted by atomic mass is 79.9. The van der Waals surface area contributed by atoms with E-state index in [4.69, 9.17) is 9.15 Å². The van der Waals surface area contributed by atoms with E-state index in [-0.39, 0.29) is 19.1 Å². The molecule has 0 fully saturated rings. The number of ether oxygens (including phenoxy) is 1. The van der Waals surface area contributed by atoms with E-state index in [0.29, 0.717) is 23.4 Å². The van der Waals surface area contributed by atoms with E-state index >= 15 is 0 Å². The number of amides is 1. The fraction of sp³-hybridized carbons (Fsp3) is 0.286. The summed E-state index contributed by atoms with van der Waals surface area (Å²) in [6.07, 6.45) is 0. The molecule has 0 aliphatic heterocycles. The molecule has 0 aliphatic carbocycles. The molecule has 6 nitrogen and oxygen atoms in total. The number of hydrogen-bond donors (Lipinski definition) is 0. The Bertz CT molecular complexity index is 941. The van der Waals surface area contributed by atoms with Crippen LogP contribution in [0.5, 0.6) is 5.75 Å². The minimum absolute atomic E-state index is 0.0736. The molecule has 1 amide bonds. The third-order valence-electron chi connectivity index (χ3n) is 4.26. The summed E-state index contributed by atoms with van der Waals surface area (Å²) in [4.78, 5) is 13.9. The fourth-order valence-electron chi connectivity index (χ4n) is 2.55. The Hall–Kier alpha value is -2.67. The smallest absolute Gasteiger partial charge is 0.260 e. The van der Waals surface area contributed by atoms with Crippen molar-refractivity contribution < 1.29 is 13.9 Å². The highest BCUT2D eigenvalue weighted by Crippen LogP contribution is 2.29. The molecule has 1 aromatic heterocycles. The van der Waals surface area contributed by atoms with Gasteiger partial charge in [0.2, 0.25) is 11.8 Å². The van der Waals surface area contributed by atoms with Crippen molar-refractivity contribution in [2.24, 2.45) is 0 Å². The van der Waals surface area contributed by atoms with E-state index in [2.05, 4.69) is 40.0 Å². The second kappa shape index (κ2) is 9.01. The summed E-state index contributed by atoms with van der Waals surface area (Å²) in [5, 5.41) is 8.05. The van der Waals surface area contributed by atoms with Crippen LogP contribution in [0.2, 0.25) is 0 Å². The van der Waals surface area contributed by atoms with Gasteiger partial charge in [0.15, 0.2) is 6.61 Å². The molecular weight excluding hydrogens is 422 g/mol. The van der Waals surface area contributed by atoms with Crippen LogP contribution >= 0.6 is 15.9 Å². The zero-order valence-corrected chi connectivity index (χ0v) is 17.6. The number of hydrogen-bond acceptors (Lipinski definition) is 5. The maximum atomic E-state index is 12.4. The first-order chi connectivity index (χ1) is 13.4. The number of nitrogens with zero attached hydrogens (tertiary/aromatic N) is 3. The molecule has 0 saturated heterocycles. The predicted molar refractivity (Wildman–Crippen MR) is 110 cm³/mol. The zero-order chi connectivity index (χ0) is 20.1. The monoisotopic (exact) mass is 443 g/mol. The molecule has 0 N–H and O–H groups in total. The van der Waals surface area contributed by atoms with Gasteiger partial charge in [-0.1, -0.05) is 38.1 Å². The highest BCUT2D eigenvalue weighted by molar-refractivity contribution is 9.10. The average Bonchev–Trinajstić information content (AvgIpc) is 3.15. The van der Waals surface area contributed by atoms with Crippen molar-refractivity contribution in [3.8, 4) is 17.2 Å². The Balaban J connectivity index is 1.56. The summed E-state index contributed by atoms with van der Waals surface area (Å²) in [5.74, 6) is 1.68. The molecule has 0 radical (unpaired) electrons. The molecule has 0 saturated carbocycles. The van der Waals surface area contributed by atoms with Gasteiger partial charge in [-0.3, -0.25) is 4.79 Å². The quantitative estimate of drug-likeness (QED) is 0.530. The van der Waals surface area contributed by atoms with E-state index in [1.807, 2.05) is 48.5 Å². The molecule has 28 heavy (non-hydrogen) atoms. The standard InChI is InChI=1S/C21H22BrN3O3/c1-14(2)16-9-10-18(17(22)11-16)27-13-20(26)25(3)12-19-23-24-21(28-19)15-7-5-4-6-8-15/h4-11,14H,12-13H2,1-3H3. The van der Waals surface area contributed by atoms with Gasteiger partial charge in [-0.15, -0.1) is 10.2 Å². The maximum absolute atomic E-state index is 12.4. The third-order valence-corrected chi connectivity index (χ3v) is 4.88. The molecule has 0 atom stereocenters. The van der Waals surface area contributed by atoms with Gasteiger partial charge in [-0.05, 0) is 51.7 Å². The van der Waals surface area contributed by atoms with Gasteiger partial charge < -0.3 is 14.1 Å². The first-order valence-corrected chi connectivity index (χ1v) is 9.77. The summed E-state index contributed by atoms with van der Waals surface area (Å²) in [5.41, 5.74) is 2.04. The average molecular weight is 444 g/mol. The van der Waals surface area contributed by atoms with E-state index in [1.54, 1.807) is 7.05 Å². The first kappa shape index (κ1) is 20.1. The molecule has 0 unspecified atom stereocenters. The van der Waals surface area contributed by atoms with Crippen molar-refractivity contribution in [3.05, 3.63) is 64.5 Å². The number of rotatable bonds is 7. The minimum atomic E-state index is -0.181. The summed E-state index contributed by atoms with van der Waals surface area (Å²) < 4.78 is 12.1. The molecule has 3 aromatic rings. The van der Waals surface area contributed by atoms with Crippen LogP contribution in [0.3, 0.4) is 0 Å². The second-order valence-electron chi connectivity index (χ2n) is 6.75. The number of aromatic nitrogens is 2. The van der Waals surface area contributed by atoms with Crippen LogP contribution in [0.25, 0.3) is 11.5 Å². The van der Waals surface area contributed by atoms with Crippen LogP contribution in [-0.4, -0.2) is 34.7 Å². The van der Waals surface area contributed by atoms with Crippen molar-refractivity contribution >= 4 is 21.8 Å². The van der Waals surface area contributed by atoms with Gasteiger partial charge in [-0.2, -0.15) is 0 Å². The Morgan fingerprint density at radius 1 is 1.18 bits per heavy atom. The van der Waals surface area contributed by atoms with E-state index in [0.717, 1.165) is 10.0 Å². The van der Waals surface area contributed by atoms with Gasteiger partial charge in [-0.25, -0.2) is 0 Å². The second-order valence-corrected chi connectivity index (χ2v) is 7.60. The van der Waals surface area contributed by atoms with Crippen molar-refractivity contribution in [3.63, 3.8) is 0 Å². The fourth-order valence-corrected chi connectivity index (χ4v) is 3.06. The predicted octanol–water partition coefficient (Wildman–Crippen LogP) is 4.66. The molecule has 7 heteroatoms. The summed E-state index contributed by atoms with van der Waals surface area (Å²) in [6, 6.07) is 15.4. The number of halogens is 1. The molecule has 2 aromatic carbocycles. The van der Waals surface area contributed by atoms with Gasteiger partial charge >= 0.3 is 0 Å². The van der Waals surface area contributed by atoms with Crippen LogP contribution in [0.15, 0.2) is 57.4 Å². The van der Waals surface area contributed by atoms with Gasteiger partial charge in [0.25, 0.3) is 5.91 Å². The molecule has 3 rings (SSSR count). The zero-order valence-electron chi connectivity index (χ0n) is 16.1. The summed E-state index contributed by atoms with van der Waals surface area (Å²) >= 11 is 3.50. The number of likely N-dealkylation sites (N-methyl/N-ethyl adjacent to an activating group) is 1. The topological polar surface area (TPSA) is 68.5 Å². The van der Waals surface area contributed by atoms with Gasteiger partial charge in [0.05, 0.1) is 11.0 Å². The Kier molecular flexibility index (Phi) is 6.46. The lowest BCUT2D eigenvalue weighted by Gasteiger charge is -2.16. The van der Waals surface area contributed by atoms with E-state index in [1.165, 1.54) is 10.5 Å². The normalized spacial score (nSPS) is 10.9. The lowest BCUT2D eigenvalue weighted by atomic mass is 10.0. The maximum Gasteiger partial charge on any atom is 0.260 e. The van der Waals surface area contributed by atoms with Crippen LogP contribution in [0.1, 0.15) is 31.2 Å². The molecule has 0 bridgehead atoms. The Morgan fingerprint density at radius 2 is 1.93 bits per heavy atom. The number of carbonyl (C=O) groups is 1. The summed E-state index contributed by atoms with van der Waals surface area (Å²) in [7, 11) is 1.68. The largest absolute Gasteiger partial charge is 0.483 e. The van der Waals surface area contributed by atoms with E-state index in [9.17, 15) is 4.79 Å². The van der Waals surface area contributed by atoms with Crippen molar-refractivity contribution in [1.29, 1.82) is 0 Å². The molecule has 1 heterocycles. The van der Waals surface area contributed by atoms with Crippen LogP contribution in [-0.2, 0) is 11.3 Å². The van der Waals surface area contributed by atoms with E-state index < -0.39 is 0 Å². The van der Waals surface area contributed by atoms with Crippen molar-refractivity contribution in [2.75, 3.05) is 13.7 Å². The minimum Gasteiger partial charge on any atom is -0.483 e. The lowest BCUT2D eigenvalue weighted by molar-refractivity contribution is -0.132. The SMILES string of the molecule is CC(C)c1ccc(OCC(=O)N(C)Cc2nnc(-c3ccccc3)o2)c(Br)c1. The first-order valence-electron chi connectivity index (χ1n) is 8.98. The molecular formula is C21H22BrN3O3. The molecule has 146 valence electrons. The number of carbonyl (C=O) groups excluding carboxylic acids is 1. The van der Waals surface area contributed by atoms with Crippen molar-refractivity contribution in [1.82, 2.24) is 15.1 Å². The summed E-state index contributed by atoms with van der Waals surface area (Å²) in [6.45, 7) is 4.40. The molecule has 0 spiro atoms.